The van der Waals surface area contributed by atoms with Crippen LogP contribution in [0.25, 0.3) is 0 Å². The van der Waals surface area contributed by atoms with Gasteiger partial charge in [-0.15, -0.1) is 0 Å². The average molecular weight is 298 g/mol. The summed E-state index contributed by atoms with van der Waals surface area (Å²) in [6.07, 6.45) is 4.17. The van der Waals surface area contributed by atoms with Crippen molar-refractivity contribution in [3.63, 3.8) is 0 Å². The standard InChI is InChI=1S/C17H18N2O3/c1-18-8-2-3-14(18)10-19(13-5-6-13)17(20)12-4-7-15-16(9-12)22-11-21-15/h2-4,7-9,13H,5-6,10-11H2,1H3. The molecule has 0 atom stereocenters. The second kappa shape index (κ2) is 5.09. The number of carbonyl (C=O) groups is 1. The van der Waals surface area contributed by atoms with Crippen molar-refractivity contribution in [2.24, 2.45) is 7.05 Å². The zero-order valence-corrected chi connectivity index (χ0v) is 12.5. The van der Waals surface area contributed by atoms with E-state index in [1.165, 1.54) is 0 Å². The first-order valence-corrected chi connectivity index (χ1v) is 7.53. The topological polar surface area (TPSA) is 43.7 Å². The summed E-state index contributed by atoms with van der Waals surface area (Å²) in [6, 6.07) is 9.82. The van der Waals surface area contributed by atoms with E-state index in [0.29, 0.717) is 29.6 Å². The van der Waals surface area contributed by atoms with Crippen molar-refractivity contribution in [2.75, 3.05) is 6.79 Å². The summed E-state index contributed by atoms with van der Waals surface area (Å²) < 4.78 is 12.7. The normalized spacial score (nSPS) is 15.9. The zero-order valence-electron chi connectivity index (χ0n) is 12.5. The Bertz CT molecular complexity index is 718. The predicted molar refractivity (Wildman–Crippen MR) is 80.9 cm³/mol. The Morgan fingerprint density at radius 1 is 1.27 bits per heavy atom. The summed E-state index contributed by atoms with van der Waals surface area (Å²) in [5.41, 5.74) is 1.80. The van der Waals surface area contributed by atoms with Gasteiger partial charge in [-0.25, -0.2) is 0 Å². The van der Waals surface area contributed by atoms with Crippen LogP contribution in [0, 0.1) is 0 Å². The van der Waals surface area contributed by atoms with Crippen LogP contribution >= 0.6 is 0 Å². The molecule has 0 spiro atoms. The molecule has 0 saturated heterocycles. The van der Waals surface area contributed by atoms with Gasteiger partial charge in [-0.05, 0) is 43.2 Å². The first-order valence-electron chi connectivity index (χ1n) is 7.53. The Kier molecular flexibility index (Phi) is 3.06. The maximum atomic E-state index is 12.9. The largest absolute Gasteiger partial charge is 0.454 e. The van der Waals surface area contributed by atoms with E-state index >= 15 is 0 Å². The smallest absolute Gasteiger partial charge is 0.254 e. The molecule has 1 aliphatic carbocycles. The van der Waals surface area contributed by atoms with Crippen LogP contribution < -0.4 is 9.47 Å². The van der Waals surface area contributed by atoms with Gasteiger partial charge in [0.15, 0.2) is 11.5 Å². The molecule has 2 aromatic rings. The molecule has 0 bridgehead atoms. The molecule has 2 aliphatic rings. The molecular formula is C17H18N2O3. The number of aryl methyl sites for hydroxylation is 1. The summed E-state index contributed by atoms with van der Waals surface area (Å²) in [4.78, 5) is 14.8. The lowest BCUT2D eigenvalue weighted by Gasteiger charge is -2.23. The highest BCUT2D eigenvalue weighted by Crippen LogP contribution is 2.35. The minimum absolute atomic E-state index is 0.0574. The molecule has 5 nitrogen and oxygen atoms in total. The molecule has 0 N–H and O–H groups in total. The fourth-order valence-electron chi connectivity index (χ4n) is 2.78. The molecule has 0 radical (unpaired) electrons. The molecule has 1 saturated carbocycles. The summed E-state index contributed by atoms with van der Waals surface area (Å²) >= 11 is 0. The third-order valence-electron chi connectivity index (χ3n) is 4.25. The highest BCUT2D eigenvalue weighted by Gasteiger charge is 2.34. The molecule has 1 aromatic heterocycles. The monoisotopic (exact) mass is 298 g/mol. The van der Waals surface area contributed by atoms with E-state index in [-0.39, 0.29) is 12.7 Å². The van der Waals surface area contributed by atoms with E-state index in [2.05, 4.69) is 10.6 Å². The van der Waals surface area contributed by atoms with Crippen LogP contribution in [0.15, 0.2) is 36.5 Å². The van der Waals surface area contributed by atoms with Gasteiger partial charge in [0.25, 0.3) is 5.91 Å². The minimum Gasteiger partial charge on any atom is -0.454 e. The Hall–Kier alpha value is -2.43. The second-order valence-electron chi connectivity index (χ2n) is 5.84. The number of hydrogen-bond acceptors (Lipinski definition) is 3. The molecule has 1 amide bonds. The van der Waals surface area contributed by atoms with Crippen molar-refractivity contribution in [2.45, 2.75) is 25.4 Å². The number of rotatable bonds is 4. The van der Waals surface area contributed by atoms with Crippen LogP contribution in [0.4, 0.5) is 0 Å². The number of benzene rings is 1. The third kappa shape index (κ3) is 2.32. The number of nitrogens with zero attached hydrogens (tertiary/aromatic N) is 2. The molecular weight excluding hydrogens is 280 g/mol. The number of carbonyl (C=O) groups excluding carboxylic acids is 1. The van der Waals surface area contributed by atoms with Gasteiger partial charge in [-0.3, -0.25) is 4.79 Å². The molecule has 0 unspecified atom stereocenters. The Labute approximate surface area is 129 Å². The SMILES string of the molecule is Cn1cccc1CN(C(=O)c1ccc2c(c1)OCO2)C1CC1. The second-order valence-corrected chi connectivity index (χ2v) is 5.84. The van der Waals surface area contributed by atoms with Gasteiger partial charge in [-0.1, -0.05) is 0 Å². The number of fused-ring (bicyclic) bond motifs is 1. The van der Waals surface area contributed by atoms with Crippen LogP contribution in [0.3, 0.4) is 0 Å². The fourth-order valence-corrected chi connectivity index (χ4v) is 2.78. The van der Waals surface area contributed by atoms with Gasteiger partial charge < -0.3 is 18.9 Å². The van der Waals surface area contributed by atoms with Crippen LogP contribution in [0.5, 0.6) is 11.5 Å². The van der Waals surface area contributed by atoms with Crippen molar-refractivity contribution < 1.29 is 14.3 Å². The summed E-state index contributed by atoms with van der Waals surface area (Å²) in [5, 5.41) is 0. The van der Waals surface area contributed by atoms with Crippen LogP contribution in [0.1, 0.15) is 28.9 Å². The van der Waals surface area contributed by atoms with Crippen molar-refractivity contribution >= 4 is 5.91 Å². The van der Waals surface area contributed by atoms with E-state index in [1.54, 1.807) is 6.07 Å². The maximum absolute atomic E-state index is 12.9. The third-order valence-corrected chi connectivity index (χ3v) is 4.25. The maximum Gasteiger partial charge on any atom is 0.254 e. The highest BCUT2D eigenvalue weighted by atomic mass is 16.7. The van der Waals surface area contributed by atoms with Gasteiger partial charge in [-0.2, -0.15) is 0 Å². The predicted octanol–water partition coefficient (Wildman–Crippen LogP) is 2.56. The summed E-state index contributed by atoms with van der Waals surface area (Å²) in [5.74, 6) is 1.42. The van der Waals surface area contributed by atoms with Gasteiger partial charge >= 0.3 is 0 Å². The molecule has 4 rings (SSSR count). The molecule has 1 aliphatic heterocycles. The van der Waals surface area contributed by atoms with E-state index in [4.69, 9.17) is 9.47 Å². The minimum atomic E-state index is 0.0574. The molecule has 22 heavy (non-hydrogen) atoms. The lowest BCUT2D eigenvalue weighted by Crippen LogP contribution is -2.33. The van der Waals surface area contributed by atoms with Crippen molar-refractivity contribution in [1.82, 2.24) is 9.47 Å². The van der Waals surface area contributed by atoms with Gasteiger partial charge in [0.1, 0.15) is 0 Å². The van der Waals surface area contributed by atoms with E-state index in [0.717, 1.165) is 18.5 Å². The first kappa shape index (κ1) is 13.2. The van der Waals surface area contributed by atoms with Crippen molar-refractivity contribution in [1.29, 1.82) is 0 Å². The lowest BCUT2D eigenvalue weighted by atomic mass is 10.1. The molecule has 114 valence electrons. The number of hydrogen-bond donors (Lipinski definition) is 0. The average Bonchev–Trinajstić information content (AvgIpc) is 3.12. The summed E-state index contributed by atoms with van der Waals surface area (Å²) in [6.45, 7) is 0.865. The number of aromatic nitrogens is 1. The number of ether oxygens (including phenoxy) is 2. The molecule has 1 aromatic carbocycles. The van der Waals surface area contributed by atoms with Gasteiger partial charge in [0.05, 0.1) is 6.54 Å². The van der Waals surface area contributed by atoms with E-state index in [1.807, 2.05) is 36.3 Å². The highest BCUT2D eigenvalue weighted by molar-refractivity contribution is 5.95. The van der Waals surface area contributed by atoms with Crippen molar-refractivity contribution in [3.8, 4) is 11.5 Å². The van der Waals surface area contributed by atoms with Crippen LogP contribution in [-0.2, 0) is 13.6 Å². The summed E-state index contributed by atoms with van der Waals surface area (Å²) in [7, 11) is 2.01. The molecule has 2 heterocycles. The molecule has 5 heteroatoms. The van der Waals surface area contributed by atoms with Crippen molar-refractivity contribution in [3.05, 3.63) is 47.8 Å². The zero-order chi connectivity index (χ0) is 15.1. The van der Waals surface area contributed by atoms with E-state index in [9.17, 15) is 4.79 Å². The van der Waals surface area contributed by atoms with Gasteiger partial charge in [0.2, 0.25) is 6.79 Å². The van der Waals surface area contributed by atoms with Crippen LogP contribution in [0.2, 0.25) is 0 Å². The fraction of sp³-hybridized carbons (Fsp3) is 0.353. The van der Waals surface area contributed by atoms with Gasteiger partial charge in [0, 0.05) is 30.5 Å². The van der Waals surface area contributed by atoms with E-state index < -0.39 is 0 Å². The first-order chi connectivity index (χ1) is 10.7. The number of amides is 1. The quantitative estimate of drug-likeness (QED) is 0.871. The van der Waals surface area contributed by atoms with Crippen LogP contribution in [-0.4, -0.2) is 28.2 Å². The lowest BCUT2D eigenvalue weighted by molar-refractivity contribution is 0.0726. The Morgan fingerprint density at radius 3 is 2.82 bits per heavy atom. The Morgan fingerprint density at radius 2 is 2.09 bits per heavy atom. The molecule has 1 fully saturated rings. The Balaban J connectivity index is 1.59.